The van der Waals surface area contributed by atoms with Gasteiger partial charge in [-0.3, -0.25) is 0 Å². The Hall–Kier alpha value is -1.31. The van der Waals surface area contributed by atoms with Gasteiger partial charge in [-0.1, -0.05) is 38.7 Å². The van der Waals surface area contributed by atoms with E-state index in [0.29, 0.717) is 11.8 Å². The molecular weight excluding hydrogens is 403 g/mol. The molecule has 0 amide bonds. The van der Waals surface area contributed by atoms with E-state index in [9.17, 15) is 0 Å². The fourth-order valence-electron chi connectivity index (χ4n) is 3.44. The zero-order chi connectivity index (χ0) is 18.5. The molecule has 0 saturated carbocycles. The van der Waals surface area contributed by atoms with E-state index in [0.717, 1.165) is 28.8 Å². The molecule has 0 aliphatic carbocycles. The van der Waals surface area contributed by atoms with Crippen LogP contribution < -0.4 is 0 Å². The van der Waals surface area contributed by atoms with Gasteiger partial charge >= 0.3 is 32.7 Å². The molecule has 0 bridgehead atoms. The number of benzene rings is 2. The van der Waals surface area contributed by atoms with Gasteiger partial charge in [0, 0.05) is 6.20 Å². The zero-order valence-electron chi connectivity index (χ0n) is 16.7. The largest absolute Gasteiger partial charge is 3.00 e. The molecular formula is C25H26NY. The summed E-state index contributed by atoms with van der Waals surface area (Å²) in [7, 11) is 0. The van der Waals surface area contributed by atoms with Crippen molar-refractivity contribution in [1.82, 2.24) is 4.98 Å². The molecule has 27 heavy (non-hydrogen) atoms. The van der Waals surface area contributed by atoms with Gasteiger partial charge in [0.25, 0.3) is 0 Å². The zero-order valence-corrected chi connectivity index (χ0v) is 19.5. The molecule has 134 valence electrons. The van der Waals surface area contributed by atoms with Crippen molar-refractivity contribution in [1.29, 1.82) is 0 Å². The van der Waals surface area contributed by atoms with E-state index in [1.807, 2.05) is 30.5 Å². The van der Waals surface area contributed by atoms with Crippen molar-refractivity contribution in [3.63, 3.8) is 0 Å². The van der Waals surface area contributed by atoms with Crippen LogP contribution in [-0.2, 0) is 32.7 Å². The molecule has 1 nitrogen and oxygen atoms in total. The minimum atomic E-state index is 0. The van der Waals surface area contributed by atoms with Crippen LogP contribution in [0.3, 0.4) is 0 Å². The third-order valence-electron chi connectivity index (χ3n) is 4.78. The maximum absolute atomic E-state index is 4.69. The normalized spacial score (nSPS) is 11.9. The van der Waals surface area contributed by atoms with E-state index >= 15 is 0 Å². The van der Waals surface area contributed by atoms with E-state index in [1.165, 1.54) is 11.1 Å². The molecule has 3 aromatic rings. The summed E-state index contributed by atoms with van der Waals surface area (Å²) in [6, 6.07) is 23.6. The molecule has 0 aliphatic rings. The summed E-state index contributed by atoms with van der Waals surface area (Å²) in [6.45, 7) is 8.91. The third kappa shape index (κ3) is 5.15. The van der Waals surface area contributed by atoms with Crippen LogP contribution >= 0.6 is 0 Å². The Bertz CT molecular complexity index is 855. The predicted molar refractivity (Wildman–Crippen MR) is 110 cm³/mol. The van der Waals surface area contributed by atoms with Crippen LogP contribution in [0.4, 0.5) is 0 Å². The minimum Gasteiger partial charge on any atom is -0.331 e. The molecule has 0 N–H and O–H groups in total. The van der Waals surface area contributed by atoms with Gasteiger partial charge in [0.05, 0.1) is 0 Å². The van der Waals surface area contributed by atoms with Gasteiger partial charge in [0.1, 0.15) is 0 Å². The Balaban J connectivity index is 0.00000261. The number of rotatable bonds is 6. The summed E-state index contributed by atoms with van der Waals surface area (Å²) in [5.41, 5.74) is 6.88. The van der Waals surface area contributed by atoms with Crippen LogP contribution in [0.15, 0.2) is 54.7 Å². The van der Waals surface area contributed by atoms with Crippen LogP contribution in [0.5, 0.6) is 0 Å². The van der Waals surface area contributed by atoms with Gasteiger partial charge in [-0.25, -0.2) is 0 Å². The monoisotopic (exact) mass is 429 g/mol. The molecule has 2 aromatic carbocycles. The topological polar surface area (TPSA) is 12.9 Å². The van der Waals surface area contributed by atoms with Crippen LogP contribution in [0.1, 0.15) is 57.1 Å². The van der Waals surface area contributed by atoms with Crippen molar-refractivity contribution in [2.24, 2.45) is 0 Å². The minimum absolute atomic E-state index is 0. The Morgan fingerprint density at radius 3 is 2.48 bits per heavy atom. The Kier molecular flexibility index (Phi) is 8.38. The Labute approximate surface area is 189 Å². The Morgan fingerprint density at radius 1 is 1.00 bits per heavy atom. The summed E-state index contributed by atoms with van der Waals surface area (Å²) < 4.78 is 0. The first-order valence-electron chi connectivity index (χ1n) is 9.38. The summed E-state index contributed by atoms with van der Waals surface area (Å²) >= 11 is 0. The summed E-state index contributed by atoms with van der Waals surface area (Å²) in [5.74, 6) is 0.938. The number of hydrogen-bond donors (Lipinski definition) is 0. The molecule has 0 spiro atoms. The molecule has 1 heterocycles. The average molecular weight is 429 g/mol. The van der Waals surface area contributed by atoms with Gasteiger partial charge in [0.15, 0.2) is 0 Å². The van der Waals surface area contributed by atoms with Gasteiger partial charge in [-0.2, -0.15) is 18.9 Å². The van der Waals surface area contributed by atoms with Crippen LogP contribution in [-0.4, -0.2) is 4.98 Å². The van der Waals surface area contributed by atoms with E-state index in [4.69, 9.17) is 0 Å². The van der Waals surface area contributed by atoms with Crippen molar-refractivity contribution in [3.8, 4) is 22.4 Å². The van der Waals surface area contributed by atoms with Gasteiger partial charge < -0.3 is 11.4 Å². The maximum atomic E-state index is 4.69. The molecule has 0 aliphatic heterocycles. The third-order valence-corrected chi connectivity index (χ3v) is 4.78. The Morgan fingerprint density at radius 2 is 1.81 bits per heavy atom. The second kappa shape index (κ2) is 10.3. The first-order valence-corrected chi connectivity index (χ1v) is 9.38. The molecule has 0 radical (unpaired) electrons. The fraction of sp³-hybridized carbons (Fsp3) is 0.280. The summed E-state index contributed by atoms with van der Waals surface area (Å²) in [6.07, 6.45) is 5.15. The fourth-order valence-corrected chi connectivity index (χ4v) is 3.44. The van der Waals surface area contributed by atoms with Crippen molar-refractivity contribution in [2.75, 3.05) is 0 Å². The molecule has 0 saturated heterocycles. The number of pyridine rings is 1. The molecule has 2 heteroatoms. The van der Waals surface area contributed by atoms with Crippen molar-refractivity contribution in [3.05, 3.63) is 84.4 Å². The number of hydrogen-bond acceptors (Lipinski definition) is 1. The summed E-state index contributed by atoms with van der Waals surface area (Å²) in [4.78, 5) is 4.69. The first-order chi connectivity index (χ1) is 12.6. The second-order valence-corrected chi connectivity index (χ2v) is 7.12. The van der Waals surface area contributed by atoms with Crippen LogP contribution in [0.25, 0.3) is 22.4 Å². The number of aromatic nitrogens is 1. The van der Waals surface area contributed by atoms with E-state index in [2.05, 4.69) is 75.5 Å². The van der Waals surface area contributed by atoms with Crippen molar-refractivity contribution in [2.45, 2.75) is 46.0 Å². The van der Waals surface area contributed by atoms with Gasteiger partial charge in [-0.15, -0.1) is 76.9 Å². The van der Waals surface area contributed by atoms with Crippen LogP contribution in [0, 0.1) is 18.6 Å². The van der Waals surface area contributed by atoms with Gasteiger partial charge in [-0.05, 0) is 5.69 Å². The maximum Gasteiger partial charge on any atom is 3.00 e. The van der Waals surface area contributed by atoms with Crippen molar-refractivity contribution < 1.29 is 32.7 Å². The molecule has 3 rings (SSSR count). The standard InChI is InChI=1S/C25H26N.Y/c1-5-10-19(4)24-17-21(14-15-22(24)18(2)3)25-23(13-9-16-26-25)20-11-7-6-8-12-20;/h5-9,11,13-16,18-19H,10H2,1-4H3;/q-3;+3. The van der Waals surface area contributed by atoms with Gasteiger partial charge in [0.2, 0.25) is 0 Å². The smallest absolute Gasteiger partial charge is 0.331 e. The molecule has 1 atom stereocenters. The van der Waals surface area contributed by atoms with Crippen LogP contribution in [0.2, 0.25) is 0 Å². The molecule has 1 unspecified atom stereocenters. The van der Waals surface area contributed by atoms with E-state index in [1.54, 1.807) is 0 Å². The first kappa shape index (κ1) is 22.0. The van der Waals surface area contributed by atoms with E-state index < -0.39 is 0 Å². The quantitative estimate of drug-likeness (QED) is 0.390. The second-order valence-electron chi connectivity index (χ2n) is 7.12. The predicted octanol–water partition coefficient (Wildman–Crippen LogP) is 6.85. The SMILES string of the molecule is C[CH-]CC(C)c1[c-]c(-c2ncccc2-c2[c-]cccc2)ccc1C(C)C.[Y+3]. The summed E-state index contributed by atoms with van der Waals surface area (Å²) in [5, 5.41) is 0. The molecule has 0 fully saturated rings. The molecule has 1 aromatic heterocycles. The van der Waals surface area contributed by atoms with Crippen molar-refractivity contribution >= 4 is 0 Å². The van der Waals surface area contributed by atoms with E-state index in [-0.39, 0.29) is 32.7 Å². The number of nitrogens with zero attached hydrogens (tertiary/aromatic N) is 1. The average Bonchev–Trinajstić information content (AvgIpc) is 2.68.